The third-order valence-corrected chi connectivity index (χ3v) is 5.57. The summed E-state index contributed by atoms with van der Waals surface area (Å²) < 4.78 is 13.5. The number of hydrogen-bond acceptors (Lipinski definition) is 4. The largest absolute Gasteiger partial charge is 0.364 e. The number of nitrogens with zero attached hydrogens (tertiary/aromatic N) is 2. The molecule has 2 aromatic rings. The number of fused-ring (bicyclic) bond motifs is 2. The Morgan fingerprint density at radius 1 is 1.22 bits per heavy atom. The second-order valence-electron chi connectivity index (χ2n) is 7.14. The minimum atomic E-state index is -0.257. The van der Waals surface area contributed by atoms with Gasteiger partial charge in [0.05, 0.1) is 13.0 Å². The molecule has 1 amide bonds. The van der Waals surface area contributed by atoms with Crippen LogP contribution in [-0.2, 0) is 16.1 Å². The molecule has 0 bridgehead atoms. The van der Waals surface area contributed by atoms with Crippen molar-refractivity contribution < 1.29 is 14.0 Å². The van der Waals surface area contributed by atoms with Crippen LogP contribution >= 0.6 is 0 Å². The lowest BCUT2D eigenvalue weighted by Crippen LogP contribution is -2.26. The van der Waals surface area contributed by atoms with Gasteiger partial charge in [-0.25, -0.2) is 4.39 Å². The number of benzene rings is 2. The van der Waals surface area contributed by atoms with Gasteiger partial charge in [-0.15, -0.1) is 0 Å². The first-order chi connectivity index (χ1) is 13.1. The van der Waals surface area contributed by atoms with Crippen LogP contribution in [0.5, 0.6) is 0 Å². The van der Waals surface area contributed by atoms with Crippen LogP contribution in [0.25, 0.3) is 11.1 Å². The quantitative estimate of drug-likeness (QED) is 0.908. The molecule has 0 unspecified atom stereocenters. The zero-order valence-corrected chi connectivity index (χ0v) is 15.0. The number of carbonyl (C=O) groups is 1. The molecule has 0 aliphatic carbocycles. The van der Waals surface area contributed by atoms with E-state index in [1.165, 1.54) is 17.7 Å². The van der Waals surface area contributed by atoms with E-state index >= 15 is 0 Å². The van der Waals surface area contributed by atoms with Crippen molar-refractivity contribution in [1.82, 2.24) is 5.48 Å². The van der Waals surface area contributed by atoms with Gasteiger partial charge in [0, 0.05) is 41.8 Å². The van der Waals surface area contributed by atoms with Crippen molar-refractivity contribution in [1.29, 1.82) is 0 Å². The molecule has 3 aliphatic heterocycles. The Morgan fingerprint density at radius 3 is 2.78 bits per heavy atom. The van der Waals surface area contributed by atoms with Gasteiger partial charge in [-0.05, 0) is 42.3 Å². The Hall–Kier alpha value is -2.86. The van der Waals surface area contributed by atoms with E-state index in [-0.39, 0.29) is 17.8 Å². The minimum absolute atomic E-state index is 0.0492. The van der Waals surface area contributed by atoms with E-state index in [1.807, 2.05) is 18.0 Å². The topological polar surface area (TPSA) is 44.8 Å². The Kier molecular flexibility index (Phi) is 3.68. The Bertz CT molecular complexity index is 955. The molecule has 0 radical (unpaired) electrons. The third-order valence-electron chi connectivity index (χ3n) is 5.57. The highest BCUT2D eigenvalue weighted by Crippen LogP contribution is 2.42. The van der Waals surface area contributed by atoms with Crippen molar-refractivity contribution in [3.63, 3.8) is 0 Å². The van der Waals surface area contributed by atoms with Gasteiger partial charge in [-0.1, -0.05) is 12.1 Å². The number of amides is 1. The second kappa shape index (κ2) is 6.09. The summed E-state index contributed by atoms with van der Waals surface area (Å²) in [6.07, 6.45) is 2.39. The van der Waals surface area contributed by atoms with E-state index in [1.54, 1.807) is 12.1 Å². The van der Waals surface area contributed by atoms with Crippen LogP contribution in [0.4, 0.5) is 15.8 Å². The highest BCUT2D eigenvalue weighted by molar-refractivity contribution is 6.03. The van der Waals surface area contributed by atoms with E-state index in [9.17, 15) is 9.18 Å². The molecule has 1 saturated heterocycles. The normalized spacial score (nSPS) is 20.6. The number of nitrogens with one attached hydrogen (secondary N) is 1. The molecule has 1 atom stereocenters. The summed E-state index contributed by atoms with van der Waals surface area (Å²) in [6.45, 7) is 4.15. The van der Waals surface area contributed by atoms with Crippen molar-refractivity contribution in [3.05, 3.63) is 59.6 Å². The van der Waals surface area contributed by atoms with E-state index < -0.39 is 0 Å². The number of anilines is 2. The van der Waals surface area contributed by atoms with Crippen LogP contribution in [0.1, 0.15) is 12.5 Å². The number of hydroxylamine groups is 1. The molecular formula is C21H20FN3O2. The minimum Gasteiger partial charge on any atom is -0.364 e. The molecule has 2 aromatic carbocycles. The molecule has 138 valence electrons. The summed E-state index contributed by atoms with van der Waals surface area (Å²) in [5.41, 5.74) is 9.06. The summed E-state index contributed by atoms with van der Waals surface area (Å²) in [5, 5.41) is 0. The van der Waals surface area contributed by atoms with Crippen LogP contribution in [0.2, 0.25) is 0 Å². The zero-order valence-electron chi connectivity index (χ0n) is 15.0. The fourth-order valence-corrected chi connectivity index (χ4v) is 4.21. The summed E-state index contributed by atoms with van der Waals surface area (Å²) in [5.74, 6) is -0.129. The highest BCUT2D eigenvalue weighted by Gasteiger charge is 2.35. The van der Waals surface area contributed by atoms with E-state index in [2.05, 4.69) is 22.5 Å². The van der Waals surface area contributed by atoms with E-state index in [4.69, 9.17) is 4.84 Å². The Labute approximate surface area is 157 Å². The summed E-state index contributed by atoms with van der Waals surface area (Å²) in [6, 6.07) is 10.7. The molecule has 1 N–H and O–H groups in total. The van der Waals surface area contributed by atoms with Crippen molar-refractivity contribution in [2.24, 2.45) is 0 Å². The van der Waals surface area contributed by atoms with Crippen molar-refractivity contribution in [2.45, 2.75) is 19.4 Å². The first-order valence-corrected chi connectivity index (χ1v) is 9.22. The van der Waals surface area contributed by atoms with Crippen LogP contribution in [0.15, 0.2) is 48.2 Å². The van der Waals surface area contributed by atoms with Gasteiger partial charge in [0.25, 0.3) is 0 Å². The number of carbonyl (C=O) groups excluding carboxylic acids is 1. The van der Waals surface area contributed by atoms with Crippen LogP contribution in [-0.4, -0.2) is 31.6 Å². The van der Waals surface area contributed by atoms with Crippen LogP contribution in [0.3, 0.4) is 0 Å². The summed E-state index contributed by atoms with van der Waals surface area (Å²) >= 11 is 0. The first kappa shape index (κ1) is 16.3. The molecule has 3 aliphatic rings. The SMILES string of the molecule is CCN1C(=O)Cc2cc(N3CC4=CNO[C@H]4C3)c(-c3ccc(F)cc3)cc21. The molecule has 5 nitrogen and oxygen atoms in total. The van der Waals surface area contributed by atoms with Crippen molar-refractivity contribution in [3.8, 4) is 11.1 Å². The van der Waals surface area contributed by atoms with E-state index in [0.717, 1.165) is 41.2 Å². The number of halogens is 1. The monoisotopic (exact) mass is 365 g/mol. The lowest BCUT2D eigenvalue weighted by molar-refractivity contribution is -0.117. The molecule has 6 heteroatoms. The van der Waals surface area contributed by atoms with Crippen molar-refractivity contribution >= 4 is 17.3 Å². The lowest BCUT2D eigenvalue weighted by atomic mass is 9.99. The van der Waals surface area contributed by atoms with Gasteiger partial charge in [0.1, 0.15) is 11.9 Å². The summed E-state index contributed by atoms with van der Waals surface area (Å²) in [4.78, 5) is 22.0. The smallest absolute Gasteiger partial charge is 0.231 e. The van der Waals surface area contributed by atoms with Crippen LogP contribution < -0.4 is 15.3 Å². The predicted molar refractivity (Wildman–Crippen MR) is 102 cm³/mol. The first-order valence-electron chi connectivity index (χ1n) is 9.22. The average molecular weight is 365 g/mol. The maximum absolute atomic E-state index is 13.5. The molecule has 27 heavy (non-hydrogen) atoms. The van der Waals surface area contributed by atoms with Crippen molar-refractivity contribution in [2.75, 3.05) is 29.4 Å². The van der Waals surface area contributed by atoms with Gasteiger partial charge in [0.2, 0.25) is 5.91 Å². The number of hydrogen-bond donors (Lipinski definition) is 1. The Morgan fingerprint density at radius 2 is 2.04 bits per heavy atom. The van der Waals surface area contributed by atoms with Gasteiger partial charge >= 0.3 is 0 Å². The summed E-state index contributed by atoms with van der Waals surface area (Å²) in [7, 11) is 0. The molecule has 1 fully saturated rings. The third kappa shape index (κ3) is 2.59. The highest BCUT2D eigenvalue weighted by atomic mass is 19.1. The fourth-order valence-electron chi connectivity index (χ4n) is 4.21. The molecule has 0 saturated carbocycles. The van der Waals surface area contributed by atoms with Gasteiger partial charge in [-0.2, -0.15) is 0 Å². The number of likely N-dealkylation sites (N-methyl/N-ethyl adjacent to an activating group) is 1. The van der Waals surface area contributed by atoms with E-state index in [0.29, 0.717) is 13.0 Å². The molecule has 0 spiro atoms. The van der Waals surface area contributed by atoms with Gasteiger partial charge in [-0.3, -0.25) is 15.1 Å². The maximum atomic E-state index is 13.5. The zero-order chi connectivity index (χ0) is 18.5. The molecule has 0 aromatic heterocycles. The fraction of sp³-hybridized carbons (Fsp3) is 0.286. The lowest BCUT2D eigenvalue weighted by Gasteiger charge is -2.24. The van der Waals surface area contributed by atoms with Gasteiger partial charge in [0.15, 0.2) is 0 Å². The van der Waals surface area contributed by atoms with Gasteiger partial charge < -0.3 is 9.80 Å². The standard InChI is InChI=1S/C21H20FN3O2/c1-2-25-18-9-17(13-3-5-16(22)6-4-13)19(7-14(18)8-21(25)26)24-11-15-10-23-27-20(15)12-24/h3-7,9-10,20,23H,2,8,11-12H2,1H3/t20-/m0/s1. The second-order valence-corrected chi connectivity index (χ2v) is 7.14. The Balaban J connectivity index is 1.64. The predicted octanol–water partition coefficient (Wildman–Crippen LogP) is 3.01. The van der Waals surface area contributed by atoms with Crippen LogP contribution in [0, 0.1) is 5.82 Å². The molecular weight excluding hydrogens is 345 g/mol. The molecule has 3 heterocycles. The maximum Gasteiger partial charge on any atom is 0.231 e. The average Bonchev–Trinajstić information content (AvgIpc) is 3.33. The number of rotatable bonds is 3. The molecule has 5 rings (SSSR count).